The molecule has 0 aromatic heterocycles. The Morgan fingerprint density at radius 2 is 1.11 bits per heavy atom. The third-order valence-corrected chi connectivity index (χ3v) is 10.4. The summed E-state index contributed by atoms with van der Waals surface area (Å²) in [4.78, 5) is 5.10. The fraction of sp³-hybridized carbons (Fsp3) is 0.0625. The van der Waals surface area contributed by atoms with Gasteiger partial charge in [0.2, 0.25) is 0 Å². The van der Waals surface area contributed by atoms with Crippen LogP contribution in [0.25, 0.3) is 28.0 Å². The van der Waals surface area contributed by atoms with E-state index in [2.05, 4.69) is 180 Å². The van der Waals surface area contributed by atoms with E-state index in [-0.39, 0.29) is 18.4 Å². The first kappa shape index (κ1) is 30.9. The molecule has 3 heterocycles. The van der Waals surface area contributed by atoms with Crippen molar-refractivity contribution in [1.82, 2.24) is 5.32 Å². The highest BCUT2D eigenvalue weighted by Crippen LogP contribution is 2.53. The molecule has 0 amide bonds. The maximum absolute atomic E-state index is 6.52. The van der Waals surface area contributed by atoms with Crippen LogP contribution in [0.5, 0.6) is 5.75 Å². The average Bonchev–Trinajstić information content (AvgIpc) is 3.69. The van der Waals surface area contributed by atoms with Gasteiger partial charge in [0, 0.05) is 28.1 Å². The second-order valence-electron chi connectivity index (χ2n) is 13.7. The zero-order chi connectivity index (χ0) is 35.1. The Bertz CT molecular complexity index is 2500. The van der Waals surface area contributed by atoms with Gasteiger partial charge in [0.25, 0.3) is 0 Å². The third kappa shape index (κ3) is 5.73. The molecule has 3 N–H and O–H groups in total. The maximum Gasteiger partial charge on any atom is 0.196 e. The molecule has 0 aliphatic carbocycles. The number of rotatable bonds is 6. The lowest BCUT2D eigenvalue weighted by molar-refractivity contribution is 0.260. The smallest absolute Gasteiger partial charge is 0.196 e. The summed E-state index contributed by atoms with van der Waals surface area (Å²) in [5.74, 6) is 0.868. The van der Waals surface area contributed by atoms with Crippen molar-refractivity contribution < 1.29 is 4.74 Å². The van der Waals surface area contributed by atoms with Gasteiger partial charge in [-0.15, -0.1) is 0 Å². The molecule has 3 aliphatic rings. The molecule has 0 saturated carbocycles. The van der Waals surface area contributed by atoms with Gasteiger partial charge in [-0.1, -0.05) is 158 Å². The first-order chi connectivity index (χ1) is 26.2. The van der Waals surface area contributed by atoms with Crippen LogP contribution in [-0.4, -0.2) is 5.71 Å². The van der Waals surface area contributed by atoms with Crippen molar-refractivity contribution in [3.63, 3.8) is 0 Å². The first-order valence-corrected chi connectivity index (χ1v) is 18.1. The van der Waals surface area contributed by atoms with E-state index in [9.17, 15) is 0 Å². The van der Waals surface area contributed by atoms with Crippen molar-refractivity contribution in [2.75, 3.05) is 10.6 Å². The summed E-state index contributed by atoms with van der Waals surface area (Å²) in [5, 5.41) is 11.3. The van der Waals surface area contributed by atoms with Gasteiger partial charge in [-0.3, -0.25) is 4.99 Å². The summed E-state index contributed by atoms with van der Waals surface area (Å²) >= 11 is 0. The SMILES string of the molecule is C1=C(c2ccc(-c3ccc4c(c3)-c3c(ccc5c3NC(c3ccccc3)O5)C(c3ccccc3)N4)cc2)NC(c2ccccc2)N=C1c1ccccc1. The molecule has 0 saturated heterocycles. The predicted molar refractivity (Wildman–Crippen MR) is 216 cm³/mol. The van der Waals surface area contributed by atoms with Gasteiger partial charge in [0.15, 0.2) is 6.23 Å². The van der Waals surface area contributed by atoms with Gasteiger partial charge >= 0.3 is 0 Å². The van der Waals surface area contributed by atoms with Crippen LogP contribution in [0.3, 0.4) is 0 Å². The zero-order valence-corrected chi connectivity index (χ0v) is 28.9. The van der Waals surface area contributed by atoms with Crippen molar-refractivity contribution in [1.29, 1.82) is 0 Å². The summed E-state index contributed by atoms with van der Waals surface area (Å²) in [6.45, 7) is 0. The van der Waals surface area contributed by atoms with E-state index >= 15 is 0 Å². The number of hydrogen-bond acceptors (Lipinski definition) is 5. The normalized spacial score (nSPS) is 18.1. The number of benzene rings is 7. The van der Waals surface area contributed by atoms with E-state index in [1.54, 1.807) is 0 Å². The maximum atomic E-state index is 6.52. The fourth-order valence-corrected chi connectivity index (χ4v) is 7.74. The average molecular weight is 685 g/mol. The number of aliphatic imine (C=N–C) groups is 1. The summed E-state index contributed by atoms with van der Waals surface area (Å²) in [6.07, 6.45) is 1.73. The van der Waals surface area contributed by atoms with Crippen LogP contribution >= 0.6 is 0 Å². The summed E-state index contributed by atoms with van der Waals surface area (Å²) in [5.41, 5.74) is 15.7. The monoisotopic (exact) mass is 684 g/mol. The van der Waals surface area contributed by atoms with E-state index in [1.165, 1.54) is 16.7 Å². The Balaban J connectivity index is 1.02. The molecule has 3 atom stereocenters. The minimum Gasteiger partial charge on any atom is -0.464 e. The zero-order valence-electron chi connectivity index (χ0n) is 28.9. The van der Waals surface area contributed by atoms with Gasteiger partial charge in [0.1, 0.15) is 11.9 Å². The van der Waals surface area contributed by atoms with Crippen LogP contribution in [0.15, 0.2) is 187 Å². The predicted octanol–water partition coefficient (Wildman–Crippen LogP) is 11.2. The number of allylic oxidation sites excluding steroid dienone is 1. The molecule has 7 aromatic rings. The van der Waals surface area contributed by atoms with Crippen molar-refractivity contribution in [2.45, 2.75) is 18.4 Å². The molecule has 5 heteroatoms. The van der Waals surface area contributed by atoms with Crippen LogP contribution in [-0.2, 0) is 0 Å². The highest BCUT2D eigenvalue weighted by Gasteiger charge is 2.34. The minimum atomic E-state index is -0.251. The van der Waals surface area contributed by atoms with E-state index in [0.717, 1.165) is 67.5 Å². The van der Waals surface area contributed by atoms with E-state index < -0.39 is 0 Å². The standard InChI is InChI=1S/C48H36N4O/c1-5-13-32(14-6-1)41-30-42(51-47(50-41)35-17-9-3-10-18-35)33-23-21-31(22-24-33)37-25-27-40-39(29-37)44-38(45(49-40)34-15-7-2-8-16-34)26-28-43-46(44)52-48(53-43)36-19-11-4-12-20-36/h1-30,45,47-49,51-52H. The van der Waals surface area contributed by atoms with Crippen molar-refractivity contribution in [3.05, 3.63) is 215 Å². The lowest BCUT2D eigenvalue weighted by atomic mass is 9.84. The van der Waals surface area contributed by atoms with Crippen molar-refractivity contribution in [3.8, 4) is 28.0 Å². The molecule has 3 unspecified atom stereocenters. The van der Waals surface area contributed by atoms with Gasteiger partial charge < -0.3 is 20.7 Å². The number of fused-ring (bicyclic) bond motifs is 5. The second-order valence-corrected chi connectivity index (χ2v) is 13.7. The van der Waals surface area contributed by atoms with Gasteiger partial charge in [0.05, 0.1) is 17.4 Å². The molecular formula is C48H36N4O. The van der Waals surface area contributed by atoms with E-state index in [1.807, 2.05) is 18.2 Å². The molecule has 0 radical (unpaired) electrons. The molecule has 10 rings (SSSR count). The topological polar surface area (TPSA) is 57.7 Å². The lowest BCUT2D eigenvalue weighted by Gasteiger charge is -2.31. The highest BCUT2D eigenvalue weighted by atomic mass is 16.5. The van der Waals surface area contributed by atoms with E-state index in [0.29, 0.717) is 0 Å². The molecule has 0 fully saturated rings. The van der Waals surface area contributed by atoms with Gasteiger partial charge in [-0.05, 0) is 63.2 Å². The third-order valence-electron chi connectivity index (χ3n) is 10.4. The Kier molecular flexibility index (Phi) is 7.61. The fourth-order valence-electron chi connectivity index (χ4n) is 7.74. The Morgan fingerprint density at radius 3 is 1.83 bits per heavy atom. The molecule has 7 aromatic carbocycles. The Hall–Kier alpha value is -6.85. The molecule has 53 heavy (non-hydrogen) atoms. The largest absolute Gasteiger partial charge is 0.464 e. The lowest BCUT2D eigenvalue weighted by Crippen LogP contribution is -2.24. The van der Waals surface area contributed by atoms with Crippen molar-refractivity contribution >= 4 is 22.8 Å². The molecule has 0 spiro atoms. The molecule has 5 nitrogen and oxygen atoms in total. The number of hydrogen-bond donors (Lipinski definition) is 3. The van der Waals surface area contributed by atoms with E-state index in [4.69, 9.17) is 9.73 Å². The van der Waals surface area contributed by atoms with Crippen molar-refractivity contribution in [2.24, 2.45) is 4.99 Å². The summed E-state index contributed by atoms with van der Waals surface area (Å²) in [6, 6.07) is 61.8. The molecule has 0 bridgehead atoms. The van der Waals surface area contributed by atoms with Crippen LogP contribution in [0.1, 0.15) is 51.8 Å². The molecule has 254 valence electrons. The second kappa shape index (κ2) is 13.0. The van der Waals surface area contributed by atoms with Crippen LogP contribution < -0.4 is 20.7 Å². The van der Waals surface area contributed by atoms with Crippen LogP contribution in [0.4, 0.5) is 11.4 Å². The van der Waals surface area contributed by atoms with Crippen LogP contribution in [0.2, 0.25) is 0 Å². The Labute approximate surface area is 309 Å². The highest BCUT2D eigenvalue weighted by molar-refractivity contribution is 6.13. The Morgan fingerprint density at radius 1 is 0.491 bits per heavy atom. The first-order valence-electron chi connectivity index (χ1n) is 18.1. The minimum absolute atomic E-state index is 0.00649. The number of ether oxygens (including phenoxy) is 1. The van der Waals surface area contributed by atoms with Crippen LogP contribution in [0, 0.1) is 0 Å². The quantitative estimate of drug-likeness (QED) is 0.163. The number of nitrogens with one attached hydrogen (secondary N) is 3. The summed E-state index contributed by atoms with van der Waals surface area (Å²) < 4.78 is 6.52. The summed E-state index contributed by atoms with van der Waals surface area (Å²) in [7, 11) is 0. The van der Waals surface area contributed by atoms with Gasteiger partial charge in [-0.25, -0.2) is 0 Å². The molecular weight excluding hydrogens is 649 g/mol. The van der Waals surface area contributed by atoms with Gasteiger partial charge in [-0.2, -0.15) is 0 Å². The molecule has 3 aliphatic heterocycles. The number of anilines is 2. The number of nitrogens with zero attached hydrogens (tertiary/aromatic N) is 1.